The summed E-state index contributed by atoms with van der Waals surface area (Å²) in [7, 11) is 1.55. The van der Waals surface area contributed by atoms with Crippen LogP contribution in [0.2, 0.25) is 0 Å². The molecule has 3 atom stereocenters. The van der Waals surface area contributed by atoms with E-state index in [9.17, 15) is 9.59 Å². The second kappa shape index (κ2) is 9.18. The highest BCUT2D eigenvalue weighted by molar-refractivity contribution is 6.00. The van der Waals surface area contributed by atoms with Crippen molar-refractivity contribution < 1.29 is 19.4 Å². The first kappa shape index (κ1) is 21.0. The number of nitrogens with one attached hydrogen (secondary N) is 1. The lowest BCUT2D eigenvalue weighted by Crippen LogP contribution is -2.21. The Morgan fingerprint density at radius 3 is 2.72 bits per heavy atom. The Bertz CT molecular complexity index is 896. The van der Waals surface area contributed by atoms with Crippen LogP contribution in [0.3, 0.4) is 0 Å². The zero-order chi connectivity index (χ0) is 21.0. The third kappa shape index (κ3) is 5.21. The van der Waals surface area contributed by atoms with E-state index >= 15 is 0 Å². The second-order valence-electron chi connectivity index (χ2n) is 7.71. The molecule has 6 nitrogen and oxygen atoms in total. The van der Waals surface area contributed by atoms with Crippen molar-refractivity contribution in [2.75, 3.05) is 20.3 Å². The lowest BCUT2D eigenvalue weighted by Gasteiger charge is -2.15. The minimum absolute atomic E-state index is 0.0550. The van der Waals surface area contributed by atoms with Gasteiger partial charge in [-0.25, -0.2) is 4.98 Å². The Morgan fingerprint density at radius 2 is 2.07 bits per heavy atom. The molecule has 1 aromatic carbocycles. The first-order chi connectivity index (χ1) is 13.9. The molecule has 6 heteroatoms. The van der Waals surface area contributed by atoms with E-state index in [4.69, 9.17) is 9.84 Å². The molecule has 0 aliphatic heterocycles. The first-order valence-electron chi connectivity index (χ1n) is 10.0. The third-order valence-electron chi connectivity index (χ3n) is 5.51. The van der Waals surface area contributed by atoms with Crippen LogP contribution in [0, 0.1) is 11.8 Å². The van der Waals surface area contributed by atoms with Crippen molar-refractivity contribution in [1.82, 2.24) is 10.3 Å². The largest absolute Gasteiger partial charge is 0.491 e. The maximum atomic E-state index is 12.8. The summed E-state index contributed by atoms with van der Waals surface area (Å²) >= 11 is 0. The molecular weight excluding hydrogens is 368 g/mol. The van der Waals surface area contributed by atoms with Crippen LogP contribution in [0.5, 0.6) is 5.75 Å². The van der Waals surface area contributed by atoms with Crippen LogP contribution in [0.25, 0.3) is 0 Å². The van der Waals surface area contributed by atoms with Crippen LogP contribution in [-0.4, -0.2) is 42.0 Å². The minimum Gasteiger partial charge on any atom is -0.491 e. The molecule has 1 amide bonds. The van der Waals surface area contributed by atoms with Crippen molar-refractivity contribution in [2.45, 2.75) is 32.6 Å². The fourth-order valence-corrected chi connectivity index (χ4v) is 3.43. The standard InChI is InChI=1S/C23H28N2O4/c1-14-9-17(14)13-22(27)18-11-20(25-21(12-18)23(28)24-3)15(2)16-5-4-6-19(10-16)29-8-7-26/h4-6,10-12,14-15,17,26H,7-9,13H2,1-3H3,(H,24,28)/t14-,15+,17+/m0/s1. The van der Waals surface area contributed by atoms with E-state index in [0.29, 0.717) is 35.3 Å². The van der Waals surface area contributed by atoms with Gasteiger partial charge in [-0.2, -0.15) is 0 Å². The molecule has 2 aromatic rings. The van der Waals surface area contributed by atoms with Gasteiger partial charge >= 0.3 is 0 Å². The van der Waals surface area contributed by atoms with Crippen LogP contribution in [0.4, 0.5) is 0 Å². The molecule has 1 aliphatic rings. The summed E-state index contributed by atoms with van der Waals surface area (Å²) in [6.07, 6.45) is 1.60. The molecule has 0 bridgehead atoms. The maximum Gasteiger partial charge on any atom is 0.269 e. The number of hydrogen-bond donors (Lipinski definition) is 2. The van der Waals surface area contributed by atoms with Gasteiger partial charge in [-0.1, -0.05) is 26.0 Å². The van der Waals surface area contributed by atoms with Crippen LogP contribution in [0.1, 0.15) is 64.7 Å². The van der Waals surface area contributed by atoms with Crippen molar-refractivity contribution in [3.05, 3.63) is 58.9 Å². The van der Waals surface area contributed by atoms with Gasteiger partial charge in [0.15, 0.2) is 5.78 Å². The zero-order valence-electron chi connectivity index (χ0n) is 17.1. The van der Waals surface area contributed by atoms with Crippen molar-refractivity contribution >= 4 is 11.7 Å². The number of carbonyl (C=O) groups excluding carboxylic acids is 2. The number of carbonyl (C=O) groups is 2. The van der Waals surface area contributed by atoms with E-state index in [2.05, 4.69) is 17.2 Å². The normalized spacial score (nSPS) is 18.8. The number of amides is 1. The average molecular weight is 396 g/mol. The fourth-order valence-electron chi connectivity index (χ4n) is 3.43. The Hall–Kier alpha value is -2.73. The van der Waals surface area contributed by atoms with Gasteiger partial charge in [0.05, 0.1) is 6.61 Å². The lowest BCUT2D eigenvalue weighted by atomic mass is 9.94. The number of pyridine rings is 1. The summed E-state index contributed by atoms with van der Waals surface area (Å²) in [5, 5.41) is 11.5. The minimum atomic E-state index is -0.312. The van der Waals surface area contributed by atoms with Crippen molar-refractivity contribution in [2.24, 2.45) is 11.8 Å². The summed E-state index contributed by atoms with van der Waals surface area (Å²) < 4.78 is 5.50. The van der Waals surface area contributed by atoms with Crippen molar-refractivity contribution in [3.63, 3.8) is 0 Å². The number of hydrogen-bond acceptors (Lipinski definition) is 5. The fraction of sp³-hybridized carbons (Fsp3) is 0.435. The molecule has 0 saturated heterocycles. The topological polar surface area (TPSA) is 88.5 Å². The number of aliphatic hydroxyl groups excluding tert-OH is 1. The zero-order valence-corrected chi connectivity index (χ0v) is 17.1. The second-order valence-corrected chi connectivity index (χ2v) is 7.71. The number of ether oxygens (including phenoxy) is 1. The Labute approximate surface area is 171 Å². The molecule has 1 heterocycles. The number of benzene rings is 1. The SMILES string of the molecule is CNC(=O)c1cc(C(=O)C[C@H]2C[C@@H]2C)cc([C@H](C)c2cccc(OCCO)c2)n1. The summed E-state index contributed by atoms with van der Waals surface area (Å²) in [5.41, 5.74) is 2.40. The number of aromatic nitrogens is 1. The molecular formula is C23H28N2O4. The molecule has 0 radical (unpaired) electrons. The summed E-state index contributed by atoms with van der Waals surface area (Å²) in [6, 6.07) is 10.9. The smallest absolute Gasteiger partial charge is 0.269 e. The highest BCUT2D eigenvalue weighted by Gasteiger charge is 2.34. The Morgan fingerprint density at radius 1 is 1.31 bits per heavy atom. The number of nitrogens with zero attached hydrogens (tertiary/aromatic N) is 1. The first-order valence-corrected chi connectivity index (χ1v) is 10.0. The molecule has 3 rings (SSSR count). The molecule has 0 unspecified atom stereocenters. The summed E-state index contributed by atoms with van der Waals surface area (Å²) in [5.74, 6) is 1.31. The number of Topliss-reactive ketones (excluding diaryl/α,β-unsaturated/α-hetero) is 1. The van der Waals surface area contributed by atoms with E-state index in [1.807, 2.05) is 31.2 Å². The van der Waals surface area contributed by atoms with Crippen LogP contribution < -0.4 is 10.1 Å². The van der Waals surface area contributed by atoms with E-state index < -0.39 is 0 Å². The van der Waals surface area contributed by atoms with E-state index in [-0.39, 0.29) is 36.5 Å². The average Bonchev–Trinajstić information content (AvgIpc) is 3.44. The van der Waals surface area contributed by atoms with Gasteiger partial charge in [0.1, 0.15) is 18.1 Å². The summed E-state index contributed by atoms with van der Waals surface area (Å²) in [6.45, 7) is 4.30. The molecule has 1 aliphatic carbocycles. The van der Waals surface area contributed by atoms with E-state index in [1.165, 1.54) is 0 Å². The monoisotopic (exact) mass is 396 g/mol. The van der Waals surface area contributed by atoms with E-state index in [1.54, 1.807) is 19.2 Å². The number of rotatable bonds is 9. The van der Waals surface area contributed by atoms with Gasteiger partial charge in [-0.3, -0.25) is 9.59 Å². The summed E-state index contributed by atoms with van der Waals surface area (Å²) in [4.78, 5) is 29.5. The molecule has 1 aromatic heterocycles. The van der Waals surface area contributed by atoms with Gasteiger partial charge in [0, 0.05) is 30.6 Å². The third-order valence-corrected chi connectivity index (χ3v) is 5.51. The van der Waals surface area contributed by atoms with Crippen LogP contribution in [0.15, 0.2) is 36.4 Å². The van der Waals surface area contributed by atoms with Crippen molar-refractivity contribution in [3.8, 4) is 5.75 Å². The Kier molecular flexibility index (Phi) is 6.64. The molecule has 1 saturated carbocycles. The highest BCUT2D eigenvalue weighted by Crippen LogP contribution is 2.41. The van der Waals surface area contributed by atoms with Crippen LogP contribution >= 0.6 is 0 Å². The van der Waals surface area contributed by atoms with Gasteiger partial charge in [-0.05, 0) is 48.1 Å². The number of ketones is 1. The van der Waals surface area contributed by atoms with Gasteiger partial charge in [-0.15, -0.1) is 0 Å². The van der Waals surface area contributed by atoms with Gasteiger partial charge in [0.25, 0.3) is 5.91 Å². The quantitative estimate of drug-likeness (QED) is 0.636. The van der Waals surface area contributed by atoms with Gasteiger partial charge < -0.3 is 15.2 Å². The predicted molar refractivity (Wildman–Crippen MR) is 110 cm³/mol. The predicted octanol–water partition coefficient (Wildman–Crippen LogP) is 3.19. The molecule has 0 spiro atoms. The molecule has 2 N–H and O–H groups in total. The molecule has 1 fully saturated rings. The van der Waals surface area contributed by atoms with E-state index in [0.717, 1.165) is 12.0 Å². The van der Waals surface area contributed by atoms with Gasteiger partial charge in [0.2, 0.25) is 0 Å². The van der Waals surface area contributed by atoms with Crippen LogP contribution in [-0.2, 0) is 0 Å². The maximum absolute atomic E-state index is 12.8. The highest BCUT2D eigenvalue weighted by atomic mass is 16.5. The molecule has 29 heavy (non-hydrogen) atoms. The van der Waals surface area contributed by atoms with Crippen molar-refractivity contribution in [1.29, 1.82) is 0 Å². The molecule has 154 valence electrons. The lowest BCUT2D eigenvalue weighted by molar-refractivity contribution is 0.0958. The Balaban J connectivity index is 1.91. The number of aliphatic hydroxyl groups is 1.